The van der Waals surface area contributed by atoms with Gasteiger partial charge in [-0.15, -0.1) is 10.2 Å². The largest absolute Gasteiger partial charge is 0.341 e. The molecule has 1 aliphatic heterocycles. The molecule has 0 saturated carbocycles. The maximum absolute atomic E-state index is 12.6. The van der Waals surface area contributed by atoms with Gasteiger partial charge in [-0.25, -0.2) is 4.40 Å². The van der Waals surface area contributed by atoms with Gasteiger partial charge in [-0.05, 0) is 25.0 Å². The minimum Gasteiger partial charge on any atom is -0.341 e. The standard InChI is InChI=1S/C16H18ClN5O/c1-20-14(23)13-11(17)7-6-8-12(13)22-15(20)18-19-16(22)21-9-4-2-3-5-10-21/h6-8H,2-5,9-10H2,1H3. The van der Waals surface area contributed by atoms with E-state index in [0.29, 0.717) is 16.2 Å². The molecule has 0 unspecified atom stereocenters. The lowest BCUT2D eigenvalue weighted by molar-refractivity contribution is 0.726. The van der Waals surface area contributed by atoms with E-state index in [-0.39, 0.29) is 5.56 Å². The third kappa shape index (κ3) is 2.20. The van der Waals surface area contributed by atoms with Crippen molar-refractivity contribution in [3.63, 3.8) is 0 Å². The first-order valence-electron chi connectivity index (χ1n) is 7.96. The van der Waals surface area contributed by atoms with Gasteiger partial charge in [-0.3, -0.25) is 9.36 Å². The molecule has 0 aliphatic carbocycles. The van der Waals surface area contributed by atoms with E-state index >= 15 is 0 Å². The van der Waals surface area contributed by atoms with Crippen molar-refractivity contribution in [3.05, 3.63) is 33.6 Å². The number of halogens is 1. The molecule has 6 nitrogen and oxygen atoms in total. The number of aromatic nitrogens is 4. The Morgan fingerprint density at radius 3 is 2.57 bits per heavy atom. The molecular formula is C16H18ClN5O. The van der Waals surface area contributed by atoms with Crippen molar-refractivity contribution in [1.82, 2.24) is 19.2 Å². The summed E-state index contributed by atoms with van der Waals surface area (Å²) in [6.07, 6.45) is 4.80. The van der Waals surface area contributed by atoms with Gasteiger partial charge in [-0.1, -0.05) is 30.5 Å². The fourth-order valence-corrected chi connectivity index (χ4v) is 3.60. The Bertz CT molecular complexity index is 937. The number of hydrogen-bond acceptors (Lipinski definition) is 4. The van der Waals surface area contributed by atoms with Crippen LogP contribution in [0, 0.1) is 0 Å². The van der Waals surface area contributed by atoms with Crippen LogP contribution in [0.4, 0.5) is 5.95 Å². The Morgan fingerprint density at radius 1 is 1.09 bits per heavy atom. The first-order valence-corrected chi connectivity index (χ1v) is 8.33. The summed E-state index contributed by atoms with van der Waals surface area (Å²) in [5.74, 6) is 1.34. The van der Waals surface area contributed by atoms with E-state index in [0.717, 1.165) is 37.4 Å². The molecule has 1 fully saturated rings. The highest BCUT2D eigenvalue weighted by Gasteiger charge is 2.20. The maximum Gasteiger partial charge on any atom is 0.264 e. The van der Waals surface area contributed by atoms with Crippen LogP contribution in [0.1, 0.15) is 25.7 Å². The van der Waals surface area contributed by atoms with Crippen LogP contribution in [-0.4, -0.2) is 32.3 Å². The first kappa shape index (κ1) is 14.5. The van der Waals surface area contributed by atoms with Gasteiger partial charge in [0.2, 0.25) is 11.7 Å². The van der Waals surface area contributed by atoms with Gasteiger partial charge in [0, 0.05) is 20.1 Å². The molecule has 0 radical (unpaired) electrons. The van der Waals surface area contributed by atoms with Crippen LogP contribution in [0.15, 0.2) is 23.0 Å². The quantitative estimate of drug-likeness (QED) is 0.688. The van der Waals surface area contributed by atoms with Crippen LogP contribution in [0.2, 0.25) is 5.02 Å². The molecule has 120 valence electrons. The summed E-state index contributed by atoms with van der Waals surface area (Å²) in [6.45, 7) is 1.93. The zero-order chi connectivity index (χ0) is 16.0. The number of fused-ring (bicyclic) bond motifs is 3. The lowest BCUT2D eigenvalue weighted by Crippen LogP contribution is -2.27. The molecule has 23 heavy (non-hydrogen) atoms. The minimum atomic E-state index is -0.145. The number of benzene rings is 1. The van der Waals surface area contributed by atoms with Crippen LogP contribution in [0.25, 0.3) is 16.7 Å². The van der Waals surface area contributed by atoms with E-state index in [9.17, 15) is 4.79 Å². The Morgan fingerprint density at radius 2 is 1.83 bits per heavy atom. The number of anilines is 1. The third-order valence-corrected chi connectivity index (χ3v) is 4.88. The molecule has 1 aromatic carbocycles. The summed E-state index contributed by atoms with van der Waals surface area (Å²) in [5.41, 5.74) is 0.618. The highest BCUT2D eigenvalue weighted by molar-refractivity contribution is 6.35. The van der Waals surface area contributed by atoms with Crippen molar-refractivity contribution in [1.29, 1.82) is 0 Å². The second-order valence-corrected chi connectivity index (χ2v) is 6.44. The number of nitrogens with zero attached hydrogens (tertiary/aromatic N) is 5. The van der Waals surface area contributed by atoms with Gasteiger partial charge in [-0.2, -0.15) is 0 Å². The monoisotopic (exact) mass is 331 g/mol. The second kappa shape index (κ2) is 5.53. The molecule has 3 heterocycles. The smallest absolute Gasteiger partial charge is 0.264 e. The topological polar surface area (TPSA) is 55.4 Å². The lowest BCUT2D eigenvalue weighted by atomic mass is 10.2. The van der Waals surface area contributed by atoms with Crippen LogP contribution >= 0.6 is 11.6 Å². The van der Waals surface area contributed by atoms with Crippen molar-refractivity contribution in [3.8, 4) is 0 Å². The van der Waals surface area contributed by atoms with E-state index in [1.807, 2.05) is 16.5 Å². The molecule has 0 spiro atoms. The first-order chi connectivity index (χ1) is 11.2. The Kier molecular flexibility index (Phi) is 3.49. The third-order valence-electron chi connectivity index (χ3n) is 4.57. The number of hydrogen-bond donors (Lipinski definition) is 0. The normalized spacial score (nSPS) is 16.2. The van der Waals surface area contributed by atoms with Crippen LogP contribution in [0.5, 0.6) is 0 Å². The summed E-state index contributed by atoms with van der Waals surface area (Å²) in [7, 11) is 1.71. The van der Waals surface area contributed by atoms with Gasteiger partial charge in [0.1, 0.15) is 0 Å². The van der Waals surface area contributed by atoms with Gasteiger partial charge in [0.15, 0.2) is 0 Å². The zero-order valence-corrected chi connectivity index (χ0v) is 13.8. The molecule has 0 atom stereocenters. The molecule has 7 heteroatoms. The van der Waals surface area contributed by atoms with E-state index < -0.39 is 0 Å². The lowest BCUT2D eigenvalue weighted by Gasteiger charge is -2.20. The molecule has 3 aromatic rings. The van der Waals surface area contributed by atoms with E-state index in [2.05, 4.69) is 15.1 Å². The Labute approximate surface area is 138 Å². The van der Waals surface area contributed by atoms with Gasteiger partial charge >= 0.3 is 0 Å². The molecule has 1 aliphatic rings. The van der Waals surface area contributed by atoms with Crippen LogP contribution in [0.3, 0.4) is 0 Å². The minimum absolute atomic E-state index is 0.145. The van der Waals surface area contributed by atoms with Crippen molar-refractivity contribution in [2.75, 3.05) is 18.0 Å². The van der Waals surface area contributed by atoms with Crippen molar-refractivity contribution >= 4 is 34.2 Å². The van der Waals surface area contributed by atoms with Gasteiger partial charge < -0.3 is 4.90 Å². The number of rotatable bonds is 1. The molecular weight excluding hydrogens is 314 g/mol. The Hall–Kier alpha value is -2.08. The second-order valence-electron chi connectivity index (χ2n) is 6.03. The van der Waals surface area contributed by atoms with E-state index in [1.165, 1.54) is 17.4 Å². The Balaban J connectivity index is 2.06. The van der Waals surface area contributed by atoms with Crippen LogP contribution in [-0.2, 0) is 7.05 Å². The maximum atomic E-state index is 12.6. The molecule has 0 N–H and O–H groups in total. The van der Waals surface area contributed by atoms with Crippen molar-refractivity contribution in [2.24, 2.45) is 7.05 Å². The van der Waals surface area contributed by atoms with Gasteiger partial charge in [0.25, 0.3) is 5.56 Å². The predicted molar refractivity (Wildman–Crippen MR) is 91.4 cm³/mol. The molecule has 2 aromatic heterocycles. The summed E-state index contributed by atoms with van der Waals surface area (Å²) >= 11 is 6.28. The molecule has 0 amide bonds. The fourth-order valence-electron chi connectivity index (χ4n) is 3.35. The fraction of sp³-hybridized carbons (Fsp3) is 0.438. The average Bonchev–Trinajstić information content (AvgIpc) is 2.81. The van der Waals surface area contributed by atoms with E-state index in [4.69, 9.17) is 11.6 Å². The summed E-state index contributed by atoms with van der Waals surface area (Å²) in [6, 6.07) is 5.50. The molecule has 0 bridgehead atoms. The van der Waals surface area contributed by atoms with Gasteiger partial charge in [0.05, 0.1) is 15.9 Å². The molecule has 1 saturated heterocycles. The summed E-state index contributed by atoms with van der Waals surface area (Å²) in [5, 5.41) is 9.61. The molecule has 4 rings (SSSR count). The SMILES string of the molecule is Cn1c(=O)c2c(Cl)cccc2n2c(N3CCCCCC3)nnc12. The summed E-state index contributed by atoms with van der Waals surface area (Å²) < 4.78 is 3.47. The summed E-state index contributed by atoms with van der Waals surface area (Å²) in [4.78, 5) is 14.8. The predicted octanol–water partition coefficient (Wildman–Crippen LogP) is 2.62. The van der Waals surface area contributed by atoms with Crippen LogP contribution < -0.4 is 10.5 Å². The zero-order valence-electron chi connectivity index (χ0n) is 13.0. The number of aryl methyl sites for hydroxylation is 1. The highest BCUT2D eigenvalue weighted by atomic mass is 35.5. The highest BCUT2D eigenvalue weighted by Crippen LogP contribution is 2.25. The van der Waals surface area contributed by atoms with Crippen molar-refractivity contribution < 1.29 is 0 Å². The van der Waals surface area contributed by atoms with Crippen molar-refractivity contribution in [2.45, 2.75) is 25.7 Å². The average molecular weight is 332 g/mol. The van der Waals surface area contributed by atoms with E-state index in [1.54, 1.807) is 13.1 Å².